The zero-order valence-corrected chi connectivity index (χ0v) is 16.8. The molecule has 0 saturated carbocycles. The van der Waals surface area contributed by atoms with E-state index in [1.54, 1.807) is 12.4 Å². The van der Waals surface area contributed by atoms with E-state index in [1.165, 1.54) is 0 Å². The predicted octanol–water partition coefficient (Wildman–Crippen LogP) is 4.30. The summed E-state index contributed by atoms with van der Waals surface area (Å²) in [6.45, 7) is 5.47. The van der Waals surface area contributed by atoms with Gasteiger partial charge in [-0.05, 0) is 44.9 Å². The average Bonchev–Trinajstić information content (AvgIpc) is 2.72. The Morgan fingerprint density at radius 1 is 1.00 bits per heavy atom. The summed E-state index contributed by atoms with van der Waals surface area (Å²) in [5.74, 6) is 1.63. The SMILES string of the molecule is Cc1nc(-c2ccncc2)nc(N2CCC(O)(c3ccccc3Cl)CC2)c1C. The van der Waals surface area contributed by atoms with Gasteiger partial charge in [-0.2, -0.15) is 0 Å². The summed E-state index contributed by atoms with van der Waals surface area (Å²) in [7, 11) is 0. The second-order valence-electron chi connectivity index (χ2n) is 7.32. The highest BCUT2D eigenvalue weighted by atomic mass is 35.5. The van der Waals surface area contributed by atoms with Crippen LogP contribution in [0.1, 0.15) is 29.7 Å². The van der Waals surface area contributed by atoms with Crippen molar-refractivity contribution < 1.29 is 5.11 Å². The minimum absolute atomic E-state index is 0.601. The van der Waals surface area contributed by atoms with Crippen LogP contribution in [-0.4, -0.2) is 33.1 Å². The maximum absolute atomic E-state index is 11.2. The maximum atomic E-state index is 11.2. The molecule has 1 aliphatic rings. The normalized spacial score (nSPS) is 16.2. The molecule has 1 saturated heterocycles. The Hall–Kier alpha value is -2.50. The highest BCUT2D eigenvalue weighted by Crippen LogP contribution is 2.38. The highest BCUT2D eigenvalue weighted by molar-refractivity contribution is 6.31. The predicted molar refractivity (Wildman–Crippen MR) is 112 cm³/mol. The monoisotopic (exact) mass is 394 g/mol. The van der Waals surface area contributed by atoms with Gasteiger partial charge in [-0.25, -0.2) is 9.97 Å². The third-order valence-corrected chi connectivity index (χ3v) is 5.90. The van der Waals surface area contributed by atoms with Crippen LogP contribution in [0.25, 0.3) is 11.4 Å². The van der Waals surface area contributed by atoms with Crippen LogP contribution in [-0.2, 0) is 5.60 Å². The van der Waals surface area contributed by atoms with Gasteiger partial charge in [0.1, 0.15) is 5.82 Å². The third kappa shape index (κ3) is 3.48. The first-order valence-corrected chi connectivity index (χ1v) is 9.84. The number of hydrogen-bond donors (Lipinski definition) is 1. The van der Waals surface area contributed by atoms with Crippen molar-refractivity contribution in [3.8, 4) is 11.4 Å². The Morgan fingerprint density at radius 3 is 2.36 bits per heavy atom. The number of hydrogen-bond acceptors (Lipinski definition) is 5. The summed E-state index contributed by atoms with van der Waals surface area (Å²) < 4.78 is 0. The van der Waals surface area contributed by atoms with E-state index in [1.807, 2.05) is 43.3 Å². The Balaban J connectivity index is 1.61. The lowest BCUT2D eigenvalue weighted by Crippen LogP contribution is -2.43. The van der Waals surface area contributed by atoms with Gasteiger partial charge in [0.25, 0.3) is 0 Å². The Labute approximate surface area is 170 Å². The first-order chi connectivity index (χ1) is 13.5. The fraction of sp³-hybridized carbons (Fsp3) is 0.318. The number of halogens is 1. The molecule has 2 aromatic heterocycles. The van der Waals surface area contributed by atoms with Gasteiger partial charge in [0.15, 0.2) is 5.82 Å². The van der Waals surface area contributed by atoms with Crippen molar-refractivity contribution >= 4 is 17.4 Å². The molecule has 1 aromatic carbocycles. The largest absolute Gasteiger partial charge is 0.385 e. The van der Waals surface area contributed by atoms with Gasteiger partial charge < -0.3 is 10.0 Å². The van der Waals surface area contributed by atoms with Crippen LogP contribution in [0, 0.1) is 13.8 Å². The van der Waals surface area contributed by atoms with E-state index in [2.05, 4.69) is 21.8 Å². The molecular formula is C22H23ClN4O. The van der Waals surface area contributed by atoms with Gasteiger partial charge in [0.05, 0.1) is 5.60 Å². The molecule has 0 amide bonds. The van der Waals surface area contributed by atoms with Gasteiger partial charge in [-0.1, -0.05) is 29.8 Å². The molecule has 3 aromatic rings. The van der Waals surface area contributed by atoms with E-state index in [0.717, 1.165) is 28.2 Å². The molecule has 5 nitrogen and oxygen atoms in total. The summed E-state index contributed by atoms with van der Waals surface area (Å²) in [5.41, 5.74) is 2.89. The van der Waals surface area contributed by atoms with Crippen molar-refractivity contribution in [2.75, 3.05) is 18.0 Å². The van der Waals surface area contributed by atoms with Gasteiger partial charge in [0.2, 0.25) is 0 Å². The quantitative estimate of drug-likeness (QED) is 0.717. The number of aryl methyl sites for hydroxylation is 1. The molecule has 0 radical (unpaired) electrons. The standard InChI is InChI=1S/C22H23ClN4O/c1-15-16(2)25-20(17-7-11-24-12-8-17)26-21(15)27-13-9-22(28,10-14-27)18-5-3-4-6-19(18)23/h3-8,11-12,28H,9-10,13-14H2,1-2H3. The summed E-state index contributed by atoms with van der Waals surface area (Å²) in [4.78, 5) is 15.8. The van der Waals surface area contributed by atoms with Crippen molar-refractivity contribution in [1.82, 2.24) is 15.0 Å². The fourth-order valence-electron chi connectivity index (χ4n) is 3.75. The lowest BCUT2D eigenvalue weighted by Gasteiger charge is -2.40. The molecule has 1 N–H and O–H groups in total. The maximum Gasteiger partial charge on any atom is 0.161 e. The molecular weight excluding hydrogens is 372 g/mol. The number of aliphatic hydroxyl groups is 1. The first kappa shape index (κ1) is 18.8. The van der Waals surface area contributed by atoms with E-state index in [0.29, 0.717) is 36.8 Å². The van der Waals surface area contributed by atoms with Crippen molar-refractivity contribution in [3.63, 3.8) is 0 Å². The van der Waals surface area contributed by atoms with Crippen LogP contribution in [0.15, 0.2) is 48.8 Å². The number of piperidine rings is 1. The average molecular weight is 395 g/mol. The molecule has 144 valence electrons. The molecule has 0 spiro atoms. The number of benzene rings is 1. The van der Waals surface area contributed by atoms with Gasteiger partial charge >= 0.3 is 0 Å². The van der Waals surface area contributed by atoms with E-state index < -0.39 is 5.60 Å². The fourth-order valence-corrected chi connectivity index (χ4v) is 4.06. The minimum atomic E-state index is -0.904. The zero-order valence-electron chi connectivity index (χ0n) is 16.1. The van der Waals surface area contributed by atoms with Crippen LogP contribution in [0.3, 0.4) is 0 Å². The molecule has 0 atom stereocenters. The summed E-state index contributed by atoms with van der Waals surface area (Å²) >= 11 is 6.34. The molecule has 28 heavy (non-hydrogen) atoms. The molecule has 1 aliphatic heterocycles. The van der Waals surface area contributed by atoms with E-state index >= 15 is 0 Å². The number of pyridine rings is 1. The van der Waals surface area contributed by atoms with Crippen LogP contribution < -0.4 is 4.90 Å². The third-order valence-electron chi connectivity index (χ3n) is 5.57. The summed E-state index contributed by atoms with van der Waals surface area (Å²) in [6, 6.07) is 11.4. The molecule has 0 aliphatic carbocycles. The Kier molecular flexibility index (Phi) is 5.04. The van der Waals surface area contributed by atoms with E-state index in [9.17, 15) is 5.11 Å². The van der Waals surface area contributed by atoms with Crippen molar-refractivity contribution in [1.29, 1.82) is 0 Å². The van der Waals surface area contributed by atoms with Crippen LogP contribution in [0.5, 0.6) is 0 Å². The number of anilines is 1. The number of aromatic nitrogens is 3. The molecule has 0 unspecified atom stereocenters. The molecule has 0 bridgehead atoms. The molecule has 1 fully saturated rings. The van der Waals surface area contributed by atoms with E-state index in [4.69, 9.17) is 16.6 Å². The zero-order chi connectivity index (χ0) is 19.7. The molecule has 6 heteroatoms. The highest BCUT2D eigenvalue weighted by Gasteiger charge is 2.36. The van der Waals surface area contributed by atoms with Crippen LogP contribution in [0.4, 0.5) is 5.82 Å². The number of nitrogens with zero attached hydrogens (tertiary/aromatic N) is 4. The lowest BCUT2D eigenvalue weighted by molar-refractivity contribution is 0.0117. The Morgan fingerprint density at radius 2 is 1.68 bits per heavy atom. The van der Waals surface area contributed by atoms with Gasteiger partial charge in [-0.3, -0.25) is 4.98 Å². The Bertz CT molecular complexity index is 985. The van der Waals surface area contributed by atoms with Crippen molar-refractivity contribution in [2.24, 2.45) is 0 Å². The second-order valence-corrected chi connectivity index (χ2v) is 7.72. The summed E-state index contributed by atoms with van der Waals surface area (Å²) in [5, 5.41) is 11.8. The first-order valence-electron chi connectivity index (χ1n) is 9.46. The molecule has 3 heterocycles. The lowest BCUT2D eigenvalue weighted by atomic mass is 9.84. The van der Waals surface area contributed by atoms with Crippen molar-refractivity contribution in [3.05, 3.63) is 70.6 Å². The number of rotatable bonds is 3. The molecule has 4 rings (SSSR count). The van der Waals surface area contributed by atoms with Crippen LogP contribution >= 0.6 is 11.6 Å². The topological polar surface area (TPSA) is 62.1 Å². The second kappa shape index (κ2) is 7.49. The minimum Gasteiger partial charge on any atom is -0.385 e. The van der Waals surface area contributed by atoms with Gasteiger partial charge in [0, 0.05) is 52.9 Å². The van der Waals surface area contributed by atoms with Crippen LogP contribution in [0.2, 0.25) is 5.02 Å². The van der Waals surface area contributed by atoms with Gasteiger partial charge in [-0.15, -0.1) is 0 Å². The van der Waals surface area contributed by atoms with E-state index in [-0.39, 0.29) is 0 Å². The van der Waals surface area contributed by atoms with Crippen molar-refractivity contribution in [2.45, 2.75) is 32.3 Å². The summed E-state index contributed by atoms with van der Waals surface area (Å²) in [6.07, 6.45) is 4.70. The smallest absolute Gasteiger partial charge is 0.161 e.